The van der Waals surface area contributed by atoms with Crippen LogP contribution in [0.1, 0.15) is 34.6 Å². The maximum atomic E-state index is 14.3. The third-order valence-electron chi connectivity index (χ3n) is 11.6. The Balaban J connectivity index is 1.02. The van der Waals surface area contributed by atoms with E-state index in [0.29, 0.717) is 147 Å². The minimum Gasteiger partial charge on any atom is -0.508 e. The first-order chi connectivity index (χ1) is 33.7. The van der Waals surface area contributed by atoms with Crippen LogP contribution >= 0.6 is 0 Å². The number of carbonyl (C=O) groups excluding carboxylic acids is 2. The van der Waals surface area contributed by atoms with Gasteiger partial charge in [-0.2, -0.15) is 15.0 Å². The van der Waals surface area contributed by atoms with Gasteiger partial charge in [-0.25, -0.2) is 9.36 Å². The fraction of sp³-hybridized carbons (Fsp3) is 0.500. The molecule has 0 unspecified atom stereocenters. The van der Waals surface area contributed by atoms with Gasteiger partial charge < -0.3 is 59.6 Å². The maximum Gasteiger partial charge on any atom is 0.247 e. The van der Waals surface area contributed by atoms with Crippen LogP contribution in [0.25, 0.3) is 0 Å². The number of ether oxygens (including phenoxy) is 3. The lowest BCUT2D eigenvalue weighted by Crippen LogP contribution is -2.52. The molecule has 2 saturated heterocycles. The number of anilines is 3. The zero-order chi connectivity index (χ0) is 48.4. The molecule has 5 aromatic rings. The van der Waals surface area contributed by atoms with E-state index in [9.17, 15) is 30.0 Å². The van der Waals surface area contributed by atoms with Gasteiger partial charge in [0, 0.05) is 110 Å². The monoisotopic (exact) mass is 952 g/mol. The highest BCUT2D eigenvalue weighted by atomic mass is 16.5. The molecule has 0 radical (unpaired) electrons. The number of phenols is 2. The van der Waals surface area contributed by atoms with Crippen LogP contribution in [-0.4, -0.2) is 199 Å². The molecule has 2 aromatic carbocycles. The van der Waals surface area contributed by atoms with Crippen LogP contribution < -0.4 is 15.1 Å². The smallest absolute Gasteiger partial charge is 0.247 e. The molecule has 23 heteroatoms. The van der Waals surface area contributed by atoms with Crippen LogP contribution in [-0.2, 0) is 49.5 Å². The van der Waals surface area contributed by atoms with Crippen molar-refractivity contribution in [3.05, 3.63) is 83.4 Å². The fourth-order valence-electron chi connectivity index (χ4n) is 7.89. The van der Waals surface area contributed by atoms with Crippen molar-refractivity contribution in [1.29, 1.82) is 0 Å². The van der Waals surface area contributed by atoms with E-state index < -0.39 is 12.1 Å². The minimum absolute atomic E-state index is 0.0971. The minimum atomic E-state index is -0.712. The van der Waals surface area contributed by atoms with Crippen molar-refractivity contribution < 1.29 is 44.2 Å². The van der Waals surface area contributed by atoms with Gasteiger partial charge in [0.25, 0.3) is 0 Å². The molecular formula is C46H60N14O9. The van der Waals surface area contributed by atoms with E-state index in [1.165, 1.54) is 0 Å². The van der Waals surface area contributed by atoms with Gasteiger partial charge in [0.05, 0.1) is 44.4 Å². The van der Waals surface area contributed by atoms with E-state index in [-0.39, 0.29) is 43.1 Å². The molecule has 5 N–H and O–H groups in total. The van der Waals surface area contributed by atoms with Gasteiger partial charge in [0.2, 0.25) is 29.7 Å². The largest absolute Gasteiger partial charge is 0.508 e. The van der Waals surface area contributed by atoms with Gasteiger partial charge in [-0.3, -0.25) is 9.59 Å². The molecule has 5 heterocycles. The number of aromatic hydroxyl groups is 2. The number of aliphatic hydroxyl groups is 2. The number of amides is 2. The Kier molecular flexibility index (Phi) is 18.4. The van der Waals surface area contributed by atoms with Crippen molar-refractivity contribution in [2.24, 2.45) is 0 Å². The normalized spacial score (nSPS) is 15.0. The van der Waals surface area contributed by atoms with E-state index in [4.69, 9.17) is 35.6 Å². The zero-order valence-electron chi connectivity index (χ0n) is 38.5. The summed E-state index contributed by atoms with van der Waals surface area (Å²) >= 11 is 0. The summed E-state index contributed by atoms with van der Waals surface area (Å²) in [5.41, 5.74) is 2.82. The lowest BCUT2D eigenvalue weighted by atomic mass is 10.0. The van der Waals surface area contributed by atoms with Gasteiger partial charge >= 0.3 is 0 Å². The first-order valence-electron chi connectivity index (χ1n) is 23.0. The van der Waals surface area contributed by atoms with Crippen molar-refractivity contribution in [1.82, 2.24) is 54.7 Å². The number of aliphatic hydroxyl groups excluding tert-OH is 2. The summed E-state index contributed by atoms with van der Waals surface area (Å²) in [6.07, 6.45) is 9.83. The van der Waals surface area contributed by atoms with Crippen LogP contribution in [0.5, 0.6) is 11.5 Å². The summed E-state index contributed by atoms with van der Waals surface area (Å²) in [6, 6.07) is 12.0. The molecule has 23 nitrogen and oxygen atoms in total. The molecule has 2 amide bonds. The Morgan fingerprint density at radius 2 is 1.06 bits per heavy atom. The van der Waals surface area contributed by atoms with Crippen LogP contribution in [0, 0.1) is 12.3 Å². The third-order valence-corrected chi connectivity index (χ3v) is 11.6. The highest BCUT2D eigenvalue weighted by molar-refractivity contribution is 5.81. The molecule has 2 atom stereocenters. The van der Waals surface area contributed by atoms with Gasteiger partial charge in [-0.1, -0.05) is 40.6 Å². The topological polar surface area (TPSA) is 268 Å². The lowest BCUT2D eigenvalue weighted by Gasteiger charge is -2.38. The van der Waals surface area contributed by atoms with E-state index in [2.05, 4.69) is 31.9 Å². The Morgan fingerprint density at radius 3 is 1.49 bits per heavy atom. The average molecular weight is 953 g/mol. The SMILES string of the molecule is C#CCOCCOCCOCCNc1nc(N2CCN(C(=O)[C@H](Cc3ccc(O)cc3)n3cc(CCO)nn3)CC2)nc(N2CCN(C(=O)[C@H](Cc3ccc(O)cc3)n3cc(CCO)nn3)CC2)n1. The Hall–Kier alpha value is -6.97. The summed E-state index contributed by atoms with van der Waals surface area (Å²) in [5, 5.41) is 58.8. The van der Waals surface area contributed by atoms with Gasteiger partial charge in [0.15, 0.2) is 0 Å². The Labute approximate surface area is 399 Å². The second-order valence-corrected chi connectivity index (χ2v) is 16.4. The predicted octanol–water partition coefficient (Wildman–Crippen LogP) is -0.104. The standard InChI is InChI=1S/C46H60N14O9/c1-2-24-67-26-28-69-29-27-68-25-13-47-44-48-45(57-18-14-55(15-19-57)42(65)40(30-34-3-7-38(63)8-4-34)59-32-36(11-22-61)51-53-59)50-46(49-44)58-20-16-56(17-21-58)43(66)41(31-35-5-9-39(64)10-6-35)60-33-37(12-23-62)52-54-60/h1,3-10,32-33,40-41,61-64H,11-31H2,(H,47,48,49,50)/t40-,41-/m0/s1. The number of piperazine rings is 2. The molecular weight excluding hydrogens is 893 g/mol. The van der Waals surface area contributed by atoms with Crippen molar-refractivity contribution in [3.8, 4) is 23.8 Å². The number of nitrogens with one attached hydrogen (secondary N) is 1. The van der Waals surface area contributed by atoms with E-state index in [0.717, 1.165) is 11.1 Å². The van der Waals surface area contributed by atoms with Gasteiger partial charge in [-0.15, -0.1) is 16.6 Å². The second kappa shape index (κ2) is 25.4. The number of phenolic OH excluding ortho intramolecular Hbond substituents is 2. The molecule has 0 spiro atoms. The highest BCUT2D eigenvalue weighted by Gasteiger charge is 2.33. The highest BCUT2D eigenvalue weighted by Crippen LogP contribution is 2.25. The fourth-order valence-corrected chi connectivity index (χ4v) is 7.89. The molecule has 0 aliphatic carbocycles. The number of nitrogens with zero attached hydrogens (tertiary/aromatic N) is 13. The molecule has 0 saturated carbocycles. The number of benzene rings is 2. The van der Waals surface area contributed by atoms with E-state index in [1.54, 1.807) is 80.1 Å². The Bertz CT molecular complexity index is 2270. The summed E-state index contributed by atoms with van der Waals surface area (Å²) in [6.45, 7) is 5.59. The zero-order valence-corrected chi connectivity index (χ0v) is 38.5. The number of carbonyl (C=O) groups is 2. The average Bonchev–Trinajstić information content (AvgIpc) is 4.05. The van der Waals surface area contributed by atoms with Crippen molar-refractivity contribution >= 4 is 29.7 Å². The van der Waals surface area contributed by atoms with Crippen molar-refractivity contribution in [3.63, 3.8) is 0 Å². The second-order valence-electron chi connectivity index (χ2n) is 16.4. The van der Waals surface area contributed by atoms with E-state index >= 15 is 0 Å². The summed E-state index contributed by atoms with van der Waals surface area (Å²) in [5.74, 6) is 3.58. The quantitative estimate of drug-likeness (QED) is 0.0378. The Morgan fingerprint density at radius 1 is 0.623 bits per heavy atom. The summed E-state index contributed by atoms with van der Waals surface area (Å²) in [4.78, 5) is 50.7. The predicted molar refractivity (Wildman–Crippen MR) is 251 cm³/mol. The van der Waals surface area contributed by atoms with Crippen LogP contribution in [0.3, 0.4) is 0 Å². The van der Waals surface area contributed by atoms with Crippen molar-refractivity contribution in [2.45, 2.75) is 37.8 Å². The number of aromatic nitrogens is 9. The van der Waals surface area contributed by atoms with Gasteiger partial charge in [0.1, 0.15) is 30.2 Å². The summed E-state index contributed by atoms with van der Waals surface area (Å²) in [7, 11) is 0. The summed E-state index contributed by atoms with van der Waals surface area (Å²) < 4.78 is 19.6. The molecule has 2 aliphatic rings. The van der Waals surface area contributed by atoms with Crippen LogP contribution in [0.2, 0.25) is 0 Å². The number of hydrogen-bond acceptors (Lipinski definition) is 19. The maximum absolute atomic E-state index is 14.3. The lowest BCUT2D eigenvalue weighted by molar-refractivity contribution is -0.136. The van der Waals surface area contributed by atoms with Gasteiger partial charge in [-0.05, 0) is 35.4 Å². The van der Waals surface area contributed by atoms with Crippen molar-refractivity contribution in [2.75, 3.05) is 127 Å². The van der Waals surface area contributed by atoms with Crippen LogP contribution in [0.15, 0.2) is 60.9 Å². The molecule has 3 aromatic heterocycles. The number of terminal acetylenes is 1. The molecule has 7 rings (SSSR count). The third kappa shape index (κ3) is 14.3. The molecule has 2 aliphatic heterocycles. The molecule has 2 fully saturated rings. The van der Waals surface area contributed by atoms with Crippen LogP contribution in [0.4, 0.5) is 17.8 Å². The van der Waals surface area contributed by atoms with E-state index in [1.807, 2.05) is 9.80 Å². The molecule has 368 valence electrons. The first-order valence-corrected chi connectivity index (χ1v) is 23.0. The number of rotatable bonds is 25. The molecule has 69 heavy (non-hydrogen) atoms. The number of hydrogen-bond donors (Lipinski definition) is 5. The molecule has 0 bridgehead atoms. The first kappa shape index (κ1) is 49.9.